The number of aromatic nitrogens is 3. The fourth-order valence-corrected chi connectivity index (χ4v) is 2.09. The van der Waals surface area contributed by atoms with E-state index in [1.807, 2.05) is 24.6 Å². The molecule has 112 valence electrons. The number of aromatic carboxylic acids is 1. The highest BCUT2D eigenvalue weighted by Crippen LogP contribution is 2.14. The van der Waals surface area contributed by atoms with Gasteiger partial charge in [-0.2, -0.15) is 5.10 Å². The molecule has 7 nitrogen and oxygen atoms in total. The van der Waals surface area contributed by atoms with Crippen LogP contribution in [0.1, 0.15) is 28.2 Å². The molecule has 0 aliphatic rings. The predicted molar refractivity (Wildman–Crippen MR) is 80.4 cm³/mol. The van der Waals surface area contributed by atoms with E-state index in [0.29, 0.717) is 12.4 Å². The first-order valence-electron chi connectivity index (χ1n) is 6.71. The molecule has 0 unspecified atom stereocenters. The number of anilines is 2. The maximum absolute atomic E-state index is 11.0. The summed E-state index contributed by atoms with van der Waals surface area (Å²) in [6.07, 6.45) is 2.21. The Hall–Kier alpha value is -2.57. The Morgan fingerprint density at radius 1 is 1.43 bits per heavy atom. The van der Waals surface area contributed by atoms with Gasteiger partial charge in [-0.15, -0.1) is 0 Å². The van der Waals surface area contributed by atoms with E-state index in [1.165, 1.54) is 12.3 Å². The largest absolute Gasteiger partial charge is 0.478 e. The SMILES string of the molecule is Cc1cc(C)n(CCCNc2cc(C(=O)O)c(N)cn2)n1. The molecule has 2 rings (SSSR count). The highest BCUT2D eigenvalue weighted by molar-refractivity contribution is 5.94. The lowest BCUT2D eigenvalue weighted by atomic mass is 10.2. The van der Waals surface area contributed by atoms with Crippen molar-refractivity contribution in [2.24, 2.45) is 0 Å². The maximum atomic E-state index is 11.0. The number of pyridine rings is 1. The minimum absolute atomic E-state index is 0.0612. The van der Waals surface area contributed by atoms with Crippen LogP contribution in [-0.2, 0) is 6.54 Å². The van der Waals surface area contributed by atoms with Gasteiger partial charge in [0.15, 0.2) is 0 Å². The van der Waals surface area contributed by atoms with Gasteiger partial charge >= 0.3 is 5.97 Å². The monoisotopic (exact) mass is 289 g/mol. The summed E-state index contributed by atoms with van der Waals surface area (Å²) >= 11 is 0. The lowest BCUT2D eigenvalue weighted by molar-refractivity contribution is 0.0698. The molecule has 0 spiro atoms. The summed E-state index contributed by atoms with van der Waals surface area (Å²) < 4.78 is 1.95. The second-order valence-electron chi connectivity index (χ2n) is 4.89. The van der Waals surface area contributed by atoms with Gasteiger partial charge in [-0.3, -0.25) is 4.68 Å². The molecule has 0 bridgehead atoms. The van der Waals surface area contributed by atoms with Gasteiger partial charge in [0.25, 0.3) is 0 Å². The van der Waals surface area contributed by atoms with E-state index in [0.717, 1.165) is 24.4 Å². The van der Waals surface area contributed by atoms with Crippen molar-refractivity contribution in [1.29, 1.82) is 0 Å². The number of carboxylic acids is 1. The molecule has 0 amide bonds. The Kier molecular flexibility index (Phi) is 4.42. The molecule has 0 saturated heterocycles. The molecular formula is C14H19N5O2. The first-order valence-corrected chi connectivity index (χ1v) is 6.71. The summed E-state index contributed by atoms with van der Waals surface area (Å²) in [5, 5.41) is 16.5. The molecule has 0 saturated carbocycles. The van der Waals surface area contributed by atoms with Gasteiger partial charge in [0.05, 0.1) is 23.1 Å². The van der Waals surface area contributed by atoms with Gasteiger partial charge in [-0.05, 0) is 32.4 Å². The van der Waals surface area contributed by atoms with Crippen LogP contribution in [0.15, 0.2) is 18.3 Å². The average molecular weight is 289 g/mol. The minimum Gasteiger partial charge on any atom is -0.478 e. The molecular weight excluding hydrogens is 270 g/mol. The Labute approximate surface area is 122 Å². The molecule has 7 heteroatoms. The van der Waals surface area contributed by atoms with Gasteiger partial charge in [-0.1, -0.05) is 0 Å². The average Bonchev–Trinajstić information content (AvgIpc) is 2.74. The highest BCUT2D eigenvalue weighted by atomic mass is 16.4. The van der Waals surface area contributed by atoms with Crippen molar-refractivity contribution in [3.05, 3.63) is 35.3 Å². The Morgan fingerprint density at radius 2 is 2.19 bits per heavy atom. The van der Waals surface area contributed by atoms with Crippen LogP contribution in [0.2, 0.25) is 0 Å². The van der Waals surface area contributed by atoms with Crippen LogP contribution in [0.25, 0.3) is 0 Å². The third-order valence-electron chi connectivity index (χ3n) is 3.12. The molecule has 0 fully saturated rings. The van der Waals surface area contributed by atoms with E-state index in [4.69, 9.17) is 10.8 Å². The number of hydrogen-bond donors (Lipinski definition) is 3. The van der Waals surface area contributed by atoms with Crippen molar-refractivity contribution >= 4 is 17.5 Å². The summed E-state index contributed by atoms with van der Waals surface area (Å²) in [4.78, 5) is 15.0. The lowest BCUT2D eigenvalue weighted by Gasteiger charge is -2.08. The Morgan fingerprint density at radius 3 is 2.81 bits per heavy atom. The van der Waals surface area contributed by atoms with Crippen molar-refractivity contribution in [2.45, 2.75) is 26.8 Å². The molecule has 0 aliphatic heterocycles. The zero-order valence-electron chi connectivity index (χ0n) is 12.1. The van der Waals surface area contributed by atoms with Crippen LogP contribution in [-0.4, -0.2) is 32.4 Å². The maximum Gasteiger partial charge on any atom is 0.337 e. The topological polar surface area (TPSA) is 106 Å². The fourth-order valence-electron chi connectivity index (χ4n) is 2.09. The van der Waals surface area contributed by atoms with Crippen LogP contribution < -0.4 is 11.1 Å². The van der Waals surface area contributed by atoms with Crippen LogP contribution in [0.5, 0.6) is 0 Å². The zero-order valence-corrected chi connectivity index (χ0v) is 12.1. The third kappa shape index (κ3) is 3.71. The van der Waals surface area contributed by atoms with Gasteiger partial charge in [0.1, 0.15) is 5.82 Å². The van der Waals surface area contributed by atoms with E-state index in [-0.39, 0.29) is 11.3 Å². The predicted octanol–water partition coefficient (Wildman–Crippen LogP) is 1.68. The Bertz CT molecular complexity index is 651. The minimum atomic E-state index is -1.06. The van der Waals surface area contributed by atoms with Gasteiger partial charge in [-0.25, -0.2) is 9.78 Å². The first kappa shape index (κ1) is 14.8. The summed E-state index contributed by atoms with van der Waals surface area (Å²) in [5.74, 6) is -0.546. The number of nitrogens with two attached hydrogens (primary N) is 1. The lowest BCUT2D eigenvalue weighted by Crippen LogP contribution is -2.11. The smallest absolute Gasteiger partial charge is 0.337 e. The van der Waals surface area contributed by atoms with E-state index in [2.05, 4.69) is 15.4 Å². The third-order valence-corrected chi connectivity index (χ3v) is 3.12. The quantitative estimate of drug-likeness (QED) is 0.699. The van der Waals surface area contributed by atoms with Crippen LogP contribution >= 0.6 is 0 Å². The van der Waals surface area contributed by atoms with Crippen LogP contribution in [0.3, 0.4) is 0 Å². The molecule has 0 aromatic carbocycles. The molecule has 0 atom stereocenters. The standard InChI is InChI=1S/C14H19N5O2/c1-9-6-10(2)19(18-9)5-3-4-16-13-7-11(14(20)21)12(15)8-17-13/h6-8H,3-5,15H2,1-2H3,(H,16,17)(H,20,21). The molecule has 21 heavy (non-hydrogen) atoms. The van der Waals surface area contributed by atoms with Crippen LogP contribution in [0.4, 0.5) is 11.5 Å². The summed E-state index contributed by atoms with van der Waals surface area (Å²) in [6, 6.07) is 3.48. The van der Waals surface area contributed by atoms with E-state index in [1.54, 1.807) is 0 Å². The fraction of sp³-hybridized carbons (Fsp3) is 0.357. The van der Waals surface area contributed by atoms with Crippen molar-refractivity contribution in [3.8, 4) is 0 Å². The van der Waals surface area contributed by atoms with Gasteiger partial charge < -0.3 is 16.2 Å². The molecule has 2 heterocycles. The van der Waals surface area contributed by atoms with Crippen molar-refractivity contribution < 1.29 is 9.90 Å². The van der Waals surface area contributed by atoms with E-state index >= 15 is 0 Å². The summed E-state index contributed by atoms with van der Waals surface area (Å²) in [7, 11) is 0. The van der Waals surface area contributed by atoms with Gasteiger partial charge in [0, 0.05) is 18.8 Å². The molecule has 0 aliphatic carbocycles. The van der Waals surface area contributed by atoms with Crippen LogP contribution in [0, 0.1) is 13.8 Å². The highest BCUT2D eigenvalue weighted by Gasteiger charge is 2.09. The van der Waals surface area contributed by atoms with E-state index in [9.17, 15) is 4.79 Å². The number of carbonyl (C=O) groups is 1. The number of carboxylic acid groups (broad SMARTS) is 1. The van der Waals surface area contributed by atoms with Crippen molar-refractivity contribution in [2.75, 3.05) is 17.6 Å². The summed E-state index contributed by atoms with van der Waals surface area (Å²) in [6.45, 7) is 5.46. The molecule has 2 aromatic heterocycles. The number of rotatable bonds is 6. The number of aryl methyl sites for hydroxylation is 3. The Balaban J connectivity index is 1.88. The second kappa shape index (κ2) is 6.25. The first-order chi connectivity index (χ1) is 9.97. The zero-order chi connectivity index (χ0) is 15.4. The number of nitrogens with one attached hydrogen (secondary N) is 1. The molecule has 0 radical (unpaired) electrons. The number of hydrogen-bond acceptors (Lipinski definition) is 5. The van der Waals surface area contributed by atoms with Crippen molar-refractivity contribution in [1.82, 2.24) is 14.8 Å². The summed E-state index contributed by atoms with van der Waals surface area (Å²) in [5.41, 5.74) is 7.92. The van der Waals surface area contributed by atoms with Crippen molar-refractivity contribution in [3.63, 3.8) is 0 Å². The second-order valence-corrected chi connectivity index (χ2v) is 4.89. The normalized spacial score (nSPS) is 10.6. The van der Waals surface area contributed by atoms with E-state index < -0.39 is 5.97 Å². The molecule has 2 aromatic rings. The molecule has 4 N–H and O–H groups in total. The number of nitrogen functional groups attached to an aromatic ring is 1. The number of nitrogens with zero attached hydrogens (tertiary/aromatic N) is 3. The van der Waals surface area contributed by atoms with Gasteiger partial charge in [0.2, 0.25) is 0 Å².